The number of hydrogen-bond acceptors (Lipinski definition) is 3. The van der Waals surface area contributed by atoms with Crippen LogP contribution in [0.3, 0.4) is 0 Å². The Morgan fingerprint density at radius 1 is 1.50 bits per heavy atom. The Morgan fingerprint density at radius 2 is 2.07 bits per heavy atom. The van der Waals surface area contributed by atoms with Crippen molar-refractivity contribution in [3.05, 3.63) is 0 Å². The first-order valence-corrected chi connectivity index (χ1v) is 6.97. The fraction of sp³-hybridized carbons (Fsp3) is 0.875. The molecule has 0 radical (unpaired) electrons. The van der Waals surface area contributed by atoms with Crippen molar-refractivity contribution in [3.8, 4) is 0 Å². The maximum atomic E-state index is 11.1. The highest BCUT2D eigenvalue weighted by molar-refractivity contribution is 7.90. The van der Waals surface area contributed by atoms with Gasteiger partial charge in [0.25, 0.3) is 0 Å². The number of sulfone groups is 1. The van der Waals surface area contributed by atoms with Gasteiger partial charge in [-0.1, -0.05) is 0 Å². The zero-order valence-electron chi connectivity index (χ0n) is 8.42. The van der Waals surface area contributed by atoms with Gasteiger partial charge < -0.3 is 5.32 Å². The Kier molecular flexibility index (Phi) is 6.11. The molecule has 1 unspecified atom stereocenters. The molecule has 0 aromatic carbocycles. The number of halogens is 1. The SMILES string of the molecule is CC(CS(C)(=O)=O)NC(=O)CCCCl. The third kappa shape index (κ3) is 8.31. The fourth-order valence-corrected chi connectivity index (χ4v) is 2.20. The minimum Gasteiger partial charge on any atom is -0.353 e. The van der Waals surface area contributed by atoms with Crippen LogP contribution in [0.5, 0.6) is 0 Å². The summed E-state index contributed by atoms with van der Waals surface area (Å²) in [7, 11) is -3.03. The van der Waals surface area contributed by atoms with Gasteiger partial charge in [-0.3, -0.25) is 4.79 Å². The molecule has 6 heteroatoms. The summed E-state index contributed by atoms with van der Waals surface area (Å²) in [5, 5.41) is 2.59. The molecule has 1 amide bonds. The van der Waals surface area contributed by atoms with E-state index in [2.05, 4.69) is 5.32 Å². The molecule has 0 saturated carbocycles. The monoisotopic (exact) mass is 241 g/mol. The van der Waals surface area contributed by atoms with Crippen LogP contribution in [0.2, 0.25) is 0 Å². The molecule has 0 bridgehead atoms. The molecular formula is C8H16ClNO3S. The summed E-state index contributed by atoms with van der Waals surface area (Å²) in [5.74, 6) is 0.259. The Hall–Kier alpha value is -0.290. The lowest BCUT2D eigenvalue weighted by atomic mass is 10.3. The van der Waals surface area contributed by atoms with Crippen LogP contribution in [0.1, 0.15) is 19.8 Å². The average molecular weight is 242 g/mol. The Labute approximate surface area is 89.9 Å². The van der Waals surface area contributed by atoms with Crippen LogP contribution in [0.15, 0.2) is 0 Å². The number of carbonyl (C=O) groups is 1. The predicted octanol–water partition coefficient (Wildman–Crippen LogP) is 0.555. The quantitative estimate of drug-likeness (QED) is 0.691. The lowest BCUT2D eigenvalue weighted by molar-refractivity contribution is -0.121. The number of carbonyl (C=O) groups excluding carboxylic acids is 1. The van der Waals surface area contributed by atoms with Crippen LogP contribution in [0.4, 0.5) is 0 Å². The predicted molar refractivity (Wildman–Crippen MR) is 57.3 cm³/mol. The molecule has 14 heavy (non-hydrogen) atoms. The highest BCUT2D eigenvalue weighted by Crippen LogP contribution is 1.95. The van der Waals surface area contributed by atoms with E-state index < -0.39 is 9.84 Å². The highest BCUT2D eigenvalue weighted by atomic mass is 35.5. The van der Waals surface area contributed by atoms with Crippen LogP contribution in [0, 0.1) is 0 Å². The Balaban J connectivity index is 3.83. The minimum absolute atomic E-state index is 0.0282. The molecule has 0 aliphatic rings. The molecule has 0 fully saturated rings. The molecule has 1 atom stereocenters. The van der Waals surface area contributed by atoms with Crippen LogP contribution < -0.4 is 5.32 Å². The van der Waals surface area contributed by atoms with Gasteiger partial charge in [0.2, 0.25) is 5.91 Å². The van der Waals surface area contributed by atoms with Crippen molar-refractivity contribution in [2.75, 3.05) is 17.9 Å². The van der Waals surface area contributed by atoms with Gasteiger partial charge in [-0.05, 0) is 13.3 Å². The normalized spacial score (nSPS) is 13.6. The second kappa shape index (κ2) is 6.24. The first-order chi connectivity index (χ1) is 6.35. The first-order valence-electron chi connectivity index (χ1n) is 4.38. The summed E-state index contributed by atoms with van der Waals surface area (Å²) in [5.41, 5.74) is 0. The largest absolute Gasteiger partial charge is 0.353 e. The van der Waals surface area contributed by atoms with Crippen LogP contribution in [-0.4, -0.2) is 38.3 Å². The molecule has 0 heterocycles. The maximum absolute atomic E-state index is 11.1. The third-order valence-electron chi connectivity index (χ3n) is 1.50. The summed E-state index contributed by atoms with van der Waals surface area (Å²) in [4.78, 5) is 11.1. The van der Waals surface area contributed by atoms with E-state index in [1.54, 1.807) is 6.92 Å². The van der Waals surface area contributed by atoms with E-state index in [0.29, 0.717) is 18.7 Å². The van der Waals surface area contributed by atoms with Crippen molar-refractivity contribution in [2.24, 2.45) is 0 Å². The Bertz CT molecular complexity index is 276. The number of amides is 1. The summed E-state index contributed by atoms with van der Waals surface area (Å²) in [6.45, 7) is 1.67. The average Bonchev–Trinajstić information content (AvgIpc) is 1.96. The van der Waals surface area contributed by atoms with Crippen LogP contribution in [-0.2, 0) is 14.6 Å². The lowest BCUT2D eigenvalue weighted by Gasteiger charge is -2.12. The summed E-state index contributed by atoms with van der Waals surface area (Å²) < 4.78 is 21.7. The molecule has 0 rings (SSSR count). The molecule has 0 aromatic heterocycles. The number of rotatable bonds is 6. The molecule has 0 aliphatic heterocycles. The van der Waals surface area contributed by atoms with Gasteiger partial charge in [-0.25, -0.2) is 8.42 Å². The van der Waals surface area contributed by atoms with E-state index >= 15 is 0 Å². The molecule has 1 N–H and O–H groups in total. The molecule has 0 spiro atoms. The van der Waals surface area contributed by atoms with Gasteiger partial charge >= 0.3 is 0 Å². The van der Waals surface area contributed by atoms with E-state index in [9.17, 15) is 13.2 Å². The van der Waals surface area contributed by atoms with Gasteiger partial charge in [0.1, 0.15) is 9.84 Å². The van der Waals surface area contributed by atoms with Gasteiger partial charge in [-0.15, -0.1) is 11.6 Å². The second-order valence-electron chi connectivity index (χ2n) is 3.35. The second-order valence-corrected chi connectivity index (χ2v) is 5.92. The van der Waals surface area contributed by atoms with Gasteiger partial charge in [0.15, 0.2) is 0 Å². The van der Waals surface area contributed by atoms with E-state index in [1.807, 2.05) is 0 Å². The molecule has 0 aliphatic carbocycles. The topological polar surface area (TPSA) is 63.2 Å². The first kappa shape index (κ1) is 13.7. The molecular weight excluding hydrogens is 226 g/mol. The van der Waals surface area contributed by atoms with Crippen LogP contribution in [0.25, 0.3) is 0 Å². The molecule has 0 aromatic rings. The van der Waals surface area contributed by atoms with Crippen molar-refractivity contribution in [2.45, 2.75) is 25.8 Å². The zero-order chi connectivity index (χ0) is 11.2. The molecule has 84 valence electrons. The number of hydrogen-bond donors (Lipinski definition) is 1. The highest BCUT2D eigenvalue weighted by Gasteiger charge is 2.12. The van der Waals surface area contributed by atoms with Gasteiger partial charge in [0.05, 0.1) is 5.75 Å². The van der Waals surface area contributed by atoms with E-state index in [-0.39, 0.29) is 17.7 Å². The van der Waals surface area contributed by atoms with Crippen molar-refractivity contribution < 1.29 is 13.2 Å². The zero-order valence-corrected chi connectivity index (χ0v) is 9.99. The van der Waals surface area contributed by atoms with Crippen molar-refractivity contribution >= 4 is 27.3 Å². The maximum Gasteiger partial charge on any atom is 0.220 e. The minimum atomic E-state index is -3.03. The number of nitrogens with one attached hydrogen (secondary N) is 1. The lowest BCUT2D eigenvalue weighted by Crippen LogP contribution is -2.37. The van der Waals surface area contributed by atoms with E-state index in [0.717, 1.165) is 6.26 Å². The molecule has 0 saturated heterocycles. The summed E-state index contributed by atoms with van der Waals surface area (Å²) in [6.07, 6.45) is 2.10. The fourth-order valence-electron chi connectivity index (χ4n) is 1.07. The number of alkyl halides is 1. The standard InChI is InChI=1S/C8H16ClNO3S/c1-7(6-14(2,12)13)10-8(11)4-3-5-9/h7H,3-6H2,1-2H3,(H,10,11). The van der Waals surface area contributed by atoms with Crippen molar-refractivity contribution in [1.82, 2.24) is 5.32 Å². The molecule has 4 nitrogen and oxygen atoms in total. The van der Waals surface area contributed by atoms with Crippen molar-refractivity contribution in [3.63, 3.8) is 0 Å². The van der Waals surface area contributed by atoms with E-state index in [1.165, 1.54) is 0 Å². The van der Waals surface area contributed by atoms with Crippen LogP contribution >= 0.6 is 11.6 Å². The van der Waals surface area contributed by atoms with Gasteiger partial charge in [0, 0.05) is 24.6 Å². The van der Waals surface area contributed by atoms with E-state index in [4.69, 9.17) is 11.6 Å². The summed E-state index contributed by atoms with van der Waals surface area (Å²) >= 11 is 5.41. The van der Waals surface area contributed by atoms with Crippen molar-refractivity contribution in [1.29, 1.82) is 0 Å². The summed E-state index contributed by atoms with van der Waals surface area (Å²) in [6, 6.07) is -0.340. The Morgan fingerprint density at radius 3 is 2.50 bits per heavy atom. The van der Waals surface area contributed by atoms with Gasteiger partial charge in [-0.2, -0.15) is 0 Å². The smallest absolute Gasteiger partial charge is 0.220 e. The third-order valence-corrected chi connectivity index (χ3v) is 2.87.